The number of hydrogen-bond donors (Lipinski definition) is 2. The lowest BCUT2D eigenvalue weighted by atomic mass is 10.2. The molecule has 0 aliphatic heterocycles. The summed E-state index contributed by atoms with van der Waals surface area (Å²) in [5, 5.41) is 7.15. The fourth-order valence-electron chi connectivity index (χ4n) is 1.43. The quantitative estimate of drug-likeness (QED) is 0.783. The Hall–Kier alpha value is -0.770. The van der Waals surface area contributed by atoms with E-state index in [-0.39, 0.29) is 5.91 Å². The smallest absolute Gasteiger partial charge is 0.221 e. The molecule has 0 unspecified atom stereocenters. The summed E-state index contributed by atoms with van der Waals surface area (Å²) in [6.07, 6.45) is 0.474. The highest BCUT2D eigenvalue weighted by Gasteiger charge is 2.00. The van der Waals surface area contributed by atoms with Crippen molar-refractivity contribution in [1.29, 1.82) is 0 Å². The highest BCUT2D eigenvalue weighted by atomic mass is 35.5. The van der Waals surface area contributed by atoms with Crippen molar-refractivity contribution in [2.45, 2.75) is 19.9 Å². The number of rotatable bonds is 6. The van der Waals surface area contributed by atoms with Gasteiger partial charge in [-0.3, -0.25) is 4.79 Å². The number of halogens is 2. The molecule has 17 heavy (non-hydrogen) atoms. The van der Waals surface area contributed by atoms with Gasteiger partial charge in [0.25, 0.3) is 0 Å². The first-order valence-electron chi connectivity index (χ1n) is 5.54. The van der Waals surface area contributed by atoms with Crippen LogP contribution in [0.5, 0.6) is 0 Å². The number of hydrogen-bond acceptors (Lipinski definition) is 2. The number of nitrogens with one attached hydrogen (secondary N) is 2. The second-order valence-electron chi connectivity index (χ2n) is 3.66. The lowest BCUT2D eigenvalue weighted by molar-refractivity contribution is -0.120. The van der Waals surface area contributed by atoms with Crippen LogP contribution in [-0.2, 0) is 11.3 Å². The van der Waals surface area contributed by atoms with Crippen LogP contribution in [0.15, 0.2) is 18.2 Å². The lowest BCUT2D eigenvalue weighted by Gasteiger charge is -2.06. The van der Waals surface area contributed by atoms with E-state index in [1.807, 2.05) is 19.1 Å². The van der Waals surface area contributed by atoms with Crippen LogP contribution >= 0.6 is 23.2 Å². The van der Waals surface area contributed by atoms with Gasteiger partial charge in [-0.25, -0.2) is 0 Å². The molecule has 0 bridgehead atoms. The van der Waals surface area contributed by atoms with Gasteiger partial charge >= 0.3 is 0 Å². The summed E-state index contributed by atoms with van der Waals surface area (Å²) in [5.41, 5.74) is 1.01. The third-order valence-corrected chi connectivity index (χ3v) is 2.59. The fraction of sp³-hybridized carbons (Fsp3) is 0.417. The van der Waals surface area contributed by atoms with Crippen LogP contribution in [-0.4, -0.2) is 19.0 Å². The van der Waals surface area contributed by atoms with Gasteiger partial charge < -0.3 is 10.6 Å². The number of carbonyl (C=O) groups is 1. The van der Waals surface area contributed by atoms with Gasteiger partial charge in [0.2, 0.25) is 5.91 Å². The molecule has 0 heterocycles. The van der Waals surface area contributed by atoms with E-state index in [2.05, 4.69) is 10.6 Å². The highest BCUT2D eigenvalue weighted by Crippen LogP contribution is 2.18. The van der Waals surface area contributed by atoms with E-state index in [9.17, 15) is 4.79 Å². The third-order valence-electron chi connectivity index (χ3n) is 2.15. The van der Waals surface area contributed by atoms with Crippen LogP contribution in [0.25, 0.3) is 0 Å². The molecular weight excluding hydrogens is 259 g/mol. The maximum Gasteiger partial charge on any atom is 0.221 e. The number of benzene rings is 1. The SMILES string of the molecule is CCNC(=O)CCNCc1cc(Cl)cc(Cl)c1. The predicted molar refractivity (Wildman–Crippen MR) is 71.5 cm³/mol. The molecule has 0 radical (unpaired) electrons. The molecule has 0 aliphatic rings. The molecule has 0 fully saturated rings. The minimum Gasteiger partial charge on any atom is -0.356 e. The maximum absolute atomic E-state index is 11.2. The van der Waals surface area contributed by atoms with Gasteiger partial charge in [0, 0.05) is 36.1 Å². The summed E-state index contributed by atoms with van der Waals surface area (Å²) in [5.74, 6) is 0.0594. The number of carbonyl (C=O) groups excluding carboxylic acids is 1. The van der Waals surface area contributed by atoms with Gasteiger partial charge in [0.15, 0.2) is 0 Å². The van der Waals surface area contributed by atoms with Crippen molar-refractivity contribution in [3.63, 3.8) is 0 Å². The molecule has 1 rings (SSSR count). The Balaban J connectivity index is 2.28. The van der Waals surface area contributed by atoms with E-state index in [0.29, 0.717) is 36.1 Å². The monoisotopic (exact) mass is 274 g/mol. The molecule has 1 aromatic rings. The van der Waals surface area contributed by atoms with E-state index >= 15 is 0 Å². The van der Waals surface area contributed by atoms with Crippen LogP contribution in [0.4, 0.5) is 0 Å². The molecule has 0 spiro atoms. The predicted octanol–water partition coefficient (Wildman–Crippen LogP) is 2.61. The first-order chi connectivity index (χ1) is 8.11. The van der Waals surface area contributed by atoms with Crippen molar-refractivity contribution in [1.82, 2.24) is 10.6 Å². The second-order valence-corrected chi connectivity index (χ2v) is 4.53. The molecule has 0 aromatic heterocycles. The summed E-state index contributed by atoms with van der Waals surface area (Å²) in [6, 6.07) is 5.40. The second kappa shape index (κ2) is 7.54. The molecule has 1 aromatic carbocycles. The zero-order valence-corrected chi connectivity index (χ0v) is 11.2. The standard InChI is InChI=1S/C12H16Cl2N2O/c1-2-16-12(17)3-4-15-8-9-5-10(13)7-11(14)6-9/h5-7,15H,2-4,8H2,1H3,(H,16,17). The van der Waals surface area contributed by atoms with Crippen LogP contribution in [0.2, 0.25) is 10.0 Å². The minimum atomic E-state index is 0.0594. The Labute approximate surface area is 111 Å². The largest absolute Gasteiger partial charge is 0.356 e. The van der Waals surface area contributed by atoms with Gasteiger partial charge in [-0.05, 0) is 30.7 Å². The average Bonchev–Trinajstić information content (AvgIpc) is 2.23. The fourth-order valence-corrected chi connectivity index (χ4v) is 2.00. The summed E-state index contributed by atoms with van der Waals surface area (Å²) in [4.78, 5) is 11.2. The molecule has 0 saturated carbocycles. The highest BCUT2D eigenvalue weighted by molar-refractivity contribution is 6.34. The summed E-state index contributed by atoms with van der Waals surface area (Å²) >= 11 is 11.8. The average molecular weight is 275 g/mol. The number of amides is 1. The summed E-state index contributed by atoms with van der Waals surface area (Å²) < 4.78 is 0. The van der Waals surface area contributed by atoms with Gasteiger partial charge in [0.05, 0.1) is 0 Å². The molecule has 1 amide bonds. The van der Waals surface area contributed by atoms with Crippen LogP contribution in [0, 0.1) is 0 Å². The molecule has 0 aliphatic carbocycles. The van der Waals surface area contributed by atoms with Crippen LogP contribution in [0.3, 0.4) is 0 Å². The molecule has 0 atom stereocenters. The molecular formula is C12H16Cl2N2O. The normalized spacial score (nSPS) is 10.3. The Kier molecular flexibility index (Phi) is 6.34. The van der Waals surface area contributed by atoms with E-state index in [1.54, 1.807) is 6.07 Å². The van der Waals surface area contributed by atoms with Crippen molar-refractivity contribution in [2.24, 2.45) is 0 Å². The Morgan fingerprint density at radius 1 is 1.24 bits per heavy atom. The van der Waals surface area contributed by atoms with Gasteiger partial charge in [-0.2, -0.15) is 0 Å². The minimum absolute atomic E-state index is 0.0594. The summed E-state index contributed by atoms with van der Waals surface area (Å²) in [7, 11) is 0. The van der Waals surface area contributed by atoms with Gasteiger partial charge in [0.1, 0.15) is 0 Å². The maximum atomic E-state index is 11.2. The first kappa shape index (κ1) is 14.3. The Morgan fingerprint density at radius 3 is 2.47 bits per heavy atom. The molecule has 5 heteroatoms. The Bertz CT molecular complexity index is 363. The zero-order valence-electron chi connectivity index (χ0n) is 9.72. The molecule has 94 valence electrons. The van der Waals surface area contributed by atoms with E-state index in [4.69, 9.17) is 23.2 Å². The zero-order chi connectivity index (χ0) is 12.7. The van der Waals surface area contributed by atoms with Crippen LogP contribution < -0.4 is 10.6 Å². The Morgan fingerprint density at radius 2 is 1.88 bits per heavy atom. The van der Waals surface area contributed by atoms with Crippen molar-refractivity contribution in [3.8, 4) is 0 Å². The molecule has 0 saturated heterocycles. The van der Waals surface area contributed by atoms with Gasteiger partial charge in [-0.1, -0.05) is 23.2 Å². The van der Waals surface area contributed by atoms with E-state index in [1.165, 1.54) is 0 Å². The van der Waals surface area contributed by atoms with Gasteiger partial charge in [-0.15, -0.1) is 0 Å². The summed E-state index contributed by atoms with van der Waals surface area (Å²) in [6.45, 7) is 3.86. The van der Waals surface area contributed by atoms with Crippen molar-refractivity contribution in [2.75, 3.05) is 13.1 Å². The topological polar surface area (TPSA) is 41.1 Å². The molecule has 3 nitrogen and oxygen atoms in total. The van der Waals surface area contributed by atoms with Crippen molar-refractivity contribution >= 4 is 29.1 Å². The van der Waals surface area contributed by atoms with E-state index in [0.717, 1.165) is 5.56 Å². The first-order valence-corrected chi connectivity index (χ1v) is 6.29. The third kappa shape index (κ3) is 5.91. The molecule has 2 N–H and O–H groups in total. The van der Waals surface area contributed by atoms with Crippen molar-refractivity contribution < 1.29 is 4.79 Å². The van der Waals surface area contributed by atoms with Crippen molar-refractivity contribution in [3.05, 3.63) is 33.8 Å². The van der Waals surface area contributed by atoms with Crippen LogP contribution in [0.1, 0.15) is 18.9 Å². The lowest BCUT2D eigenvalue weighted by Crippen LogP contribution is -2.27. The van der Waals surface area contributed by atoms with E-state index < -0.39 is 0 Å².